The molecule has 4 nitrogen and oxygen atoms in total. The van der Waals surface area contributed by atoms with Crippen LogP contribution in [0.25, 0.3) is 0 Å². The smallest absolute Gasteiger partial charge is 0.122 e. The molecule has 2 aliphatic rings. The van der Waals surface area contributed by atoms with Gasteiger partial charge < -0.3 is 10.1 Å². The molecule has 2 heterocycles. The number of ether oxygens (including phenoxy) is 1. The Morgan fingerprint density at radius 1 is 1.10 bits per heavy atom. The minimum absolute atomic E-state index is 0.172. The lowest BCUT2D eigenvalue weighted by molar-refractivity contribution is 0.179. The maximum absolute atomic E-state index is 6.13. The van der Waals surface area contributed by atoms with Crippen molar-refractivity contribution >= 4 is 0 Å². The van der Waals surface area contributed by atoms with Gasteiger partial charge in [0.1, 0.15) is 5.75 Å². The molecule has 4 rings (SSSR count). The lowest BCUT2D eigenvalue weighted by atomic mass is 9.86. The summed E-state index contributed by atoms with van der Waals surface area (Å²) in [5.74, 6) is 2.53. The fourth-order valence-electron chi connectivity index (χ4n) is 4.64. The van der Waals surface area contributed by atoms with Gasteiger partial charge in [0.15, 0.2) is 0 Å². The van der Waals surface area contributed by atoms with Crippen LogP contribution in [0.3, 0.4) is 0 Å². The van der Waals surface area contributed by atoms with Gasteiger partial charge in [-0.25, -0.2) is 0 Å². The average Bonchev–Trinajstić information content (AvgIpc) is 2.70. The Labute approximate surface area is 175 Å². The van der Waals surface area contributed by atoms with Crippen molar-refractivity contribution in [2.45, 2.75) is 45.1 Å². The number of hydrogen-bond acceptors (Lipinski definition) is 4. The van der Waals surface area contributed by atoms with Gasteiger partial charge in [-0.1, -0.05) is 24.6 Å². The van der Waals surface area contributed by atoms with Gasteiger partial charge >= 0.3 is 0 Å². The third kappa shape index (κ3) is 5.18. The van der Waals surface area contributed by atoms with Crippen molar-refractivity contribution in [2.75, 3.05) is 33.3 Å². The lowest BCUT2D eigenvalue weighted by Crippen LogP contribution is -2.36. The van der Waals surface area contributed by atoms with E-state index in [1.807, 2.05) is 12.3 Å². The molecule has 1 saturated carbocycles. The van der Waals surface area contributed by atoms with Crippen LogP contribution in [-0.2, 0) is 0 Å². The molecule has 1 aromatic carbocycles. The predicted molar refractivity (Wildman–Crippen MR) is 118 cm³/mol. The molecule has 2 fully saturated rings. The van der Waals surface area contributed by atoms with Gasteiger partial charge in [-0.05, 0) is 93.9 Å². The molecule has 0 radical (unpaired) electrons. The quantitative estimate of drug-likeness (QED) is 0.712. The predicted octanol–water partition coefficient (Wildman–Crippen LogP) is 4.59. The van der Waals surface area contributed by atoms with E-state index in [0.29, 0.717) is 0 Å². The van der Waals surface area contributed by atoms with Crippen molar-refractivity contribution in [1.29, 1.82) is 0 Å². The van der Waals surface area contributed by atoms with Crippen molar-refractivity contribution in [1.82, 2.24) is 15.2 Å². The van der Waals surface area contributed by atoms with Gasteiger partial charge in [-0.2, -0.15) is 0 Å². The van der Waals surface area contributed by atoms with E-state index in [-0.39, 0.29) is 6.04 Å². The Balaban J connectivity index is 1.52. The van der Waals surface area contributed by atoms with Crippen LogP contribution < -0.4 is 10.1 Å². The number of piperidine rings is 1. The molecular weight excluding hydrogens is 358 g/mol. The summed E-state index contributed by atoms with van der Waals surface area (Å²) >= 11 is 0. The number of benzene rings is 1. The Morgan fingerprint density at radius 3 is 2.59 bits per heavy atom. The maximum Gasteiger partial charge on any atom is 0.122 e. The van der Waals surface area contributed by atoms with Gasteiger partial charge in [-0.15, -0.1) is 0 Å². The SMILES string of the molecule is Cc1cc(C(c2ccccn2)N(C)CC2CCNCC2)ccc1OCC1CCC1. The average molecular weight is 394 g/mol. The van der Waals surface area contributed by atoms with Gasteiger partial charge in [-0.3, -0.25) is 9.88 Å². The first-order valence-corrected chi connectivity index (χ1v) is 11.3. The summed E-state index contributed by atoms with van der Waals surface area (Å²) in [7, 11) is 2.25. The molecule has 29 heavy (non-hydrogen) atoms. The molecule has 4 heteroatoms. The highest BCUT2D eigenvalue weighted by molar-refractivity contribution is 5.39. The summed E-state index contributed by atoms with van der Waals surface area (Å²) in [5.41, 5.74) is 3.64. The monoisotopic (exact) mass is 393 g/mol. The molecular formula is C25H35N3O. The van der Waals surface area contributed by atoms with E-state index in [9.17, 15) is 0 Å². The third-order valence-electron chi connectivity index (χ3n) is 6.63. The highest BCUT2D eigenvalue weighted by atomic mass is 16.5. The first kappa shape index (κ1) is 20.4. The van der Waals surface area contributed by atoms with Crippen LogP contribution >= 0.6 is 0 Å². The van der Waals surface area contributed by atoms with Crippen LogP contribution in [0, 0.1) is 18.8 Å². The van der Waals surface area contributed by atoms with Crippen LogP contribution in [0.4, 0.5) is 0 Å². The first-order chi connectivity index (χ1) is 14.2. The maximum atomic E-state index is 6.13. The van der Waals surface area contributed by atoms with Crippen LogP contribution in [0.2, 0.25) is 0 Å². The highest BCUT2D eigenvalue weighted by Gasteiger charge is 2.25. The van der Waals surface area contributed by atoms with E-state index < -0.39 is 0 Å². The fraction of sp³-hybridized carbons (Fsp3) is 0.560. The molecule has 1 aliphatic carbocycles. The van der Waals surface area contributed by atoms with Crippen molar-refractivity contribution in [3.63, 3.8) is 0 Å². The van der Waals surface area contributed by atoms with E-state index in [1.165, 1.54) is 43.2 Å². The van der Waals surface area contributed by atoms with Gasteiger partial charge in [0.05, 0.1) is 18.3 Å². The third-order valence-corrected chi connectivity index (χ3v) is 6.63. The molecule has 1 aliphatic heterocycles. The zero-order valence-corrected chi connectivity index (χ0v) is 17.9. The van der Waals surface area contributed by atoms with Crippen LogP contribution in [0.1, 0.15) is 55.0 Å². The van der Waals surface area contributed by atoms with Gasteiger partial charge in [0.25, 0.3) is 0 Å². The number of nitrogens with one attached hydrogen (secondary N) is 1. The number of pyridine rings is 1. The summed E-state index contributed by atoms with van der Waals surface area (Å²) in [6, 6.07) is 13.1. The van der Waals surface area contributed by atoms with Crippen LogP contribution in [-0.4, -0.2) is 43.2 Å². The lowest BCUT2D eigenvalue weighted by Gasteiger charge is -2.33. The van der Waals surface area contributed by atoms with E-state index in [1.54, 1.807) is 0 Å². The zero-order valence-electron chi connectivity index (χ0n) is 17.9. The summed E-state index contributed by atoms with van der Waals surface area (Å²) < 4.78 is 6.13. The molecule has 1 unspecified atom stereocenters. The Kier molecular flexibility index (Phi) is 6.83. The minimum atomic E-state index is 0.172. The van der Waals surface area contributed by atoms with Crippen molar-refractivity contribution in [2.24, 2.45) is 11.8 Å². The topological polar surface area (TPSA) is 37.4 Å². The zero-order chi connectivity index (χ0) is 20.1. The van der Waals surface area contributed by atoms with Gasteiger partial charge in [0.2, 0.25) is 0 Å². The molecule has 0 amide bonds. The Morgan fingerprint density at radius 2 is 1.93 bits per heavy atom. The van der Waals surface area contributed by atoms with Crippen LogP contribution in [0.15, 0.2) is 42.6 Å². The standard InChI is InChI=1S/C25H35N3O/c1-19-16-22(9-10-24(19)29-18-21-6-5-7-21)25(23-8-3-4-13-27-23)28(2)17-20-11-14-26-15-12-20/h3-4,8-10,13,16,20-21,25-26H,5-7,11-12,14-15,17-18H2,1-2H3. The van der Waals surface area contributed by atoms with E-state index in [2.05, 4.69) is 54.5 Å². The van der Waals surface area contributed by atoms with E-state index in [4.69, 9.17) is 9.72 Å². The molecule has 156 valence electrons. The molecule has 0 spiro atoms. The number of rotatable bonds is 8. The van der Waals surface area contributed by atoms with Crippen molar-refractivity contribution in [3.05, 3.63) is 59.4 Å². The molecule has 1 atom stereocenters. The summed E-state index contributed by atoms with van der Waals surface area (Å²) in [5, 5.41) is 3.48. The fourth-order valence-corrected chi connectivity index (χ4v) is 4.64. The number of nitrogens with zero attached hydrogens (tertiary/aromatic N) is 2. The molecule has 0 bridgehead atoms. The Bertz CT molecular complexity index is 769. The van der Waals surface area contributed by atoms with E-state index in [0.717, 1.165) is 49.5 Å². The molecule has 2 aromatic rings. The number of aryl methyl sites for hydroxylation is 1. The van der Waals surface area contributed by atoms with E-state index >= 15 is 0 Å². The Hall–Kier alpha value is -1.91. The summed E-state index contributed by atoms with van der Waals surface area (Å²) in [6.45, 7) is 6.40. The summed E-state index contributed by atoms with van der Waals surface area (Å²) in [4.78, 5) is 7.20. The second-order valence-electron chi connectivity index (χ2n) is 8.92. The molecule has 1 N–H and O–H groups in total. The number of aromatic nitrogens is 1. The van der Waals surface area contributed by atoms with Gasteiger partial charge in [0, 0.05) is 12.7 Å². The second kappa shape index (κ2) is 9.73. The first-order valence-electron chi connectivity index (χ1n) is 11.3. The summed E-state index contributed by atoms with van der Waals surface area (Å²) in [6.07, 6.45) is 8.42. The second-order valence-corrected chi connectivity index (χ2v) is 8.92. The molecule has 1 saturated heterocycles. The largest absolute Gasteiger partial charge is 0.493 e. The van der Waals surface area contributed by atoms with Crippen molar-refractivity contribution in [3.8, 4) is 5.75 Å². The highest BCUT2D eigenvalue weighted by Crippen LogP contribution is 2.32. The molecule has 1 aromatic heterocycles. The normalized spacial score (nSPS) is 19.1. The van der Waals surface area contributed by atoms with Crippen LogP contribution in [0.5, 0.6) is 5.75 Å². The van der Waals surface area contributed by atoms with Crippen molar-refractivity contribution < 1.29 is 4.74 Å². The number of hydrogen-bond donors (Lipinski definition) is 1. The minimum Gasteiger partial charge on any atom is -0.493 e.